The zero-order valence-corrected chi connectivity index (χ0v) is 21.0. The normalized spacial score (nSPS) is 15.8. The summed E-state index contributed by atoms with van der Waals surface area (Å²) in [5.41, 5.74) is 2.01. The summed E-state index contributed by atoms with van der Waals surface area (Å²) in [5, 5.41) is 2.72. The fraction of sp³-hybridized carbons (Fsp3) is 0.308. The smallest absolute Gasteiger partial charge is 0.410 e. The molecule has 1 aliphatic heterocycles. The number of morpholine rings is 1. The molecule has 35 heavy (non-hydrogen) atoms. The number of para-hydroxylation sites is 1. The van der Waals surface area contributed by atoms with Crippen molar-refractivity contribution >= 4 is 33.0 Å². The van der Waals surface area contributed by atoms with Crippen molar-refractivity contribution in [3.63, 3.8) is 0 Å². The first kappa shape index (κ1) is 24.7. The van der Waals surface area contributed by atoms with Crippen molar-refractivity contribution in [1.29, 1.82) is 0 Å². The molecule has 0 radical (unpaired) electrons. The van der Waals surface area contributed by atoms with Gasteiger partial charge in [0.15, 0.2) is 5.82 Å². The Morgan fingerprint density at radius 2 is 1.74 bits per heavy atom. The van der Waals surface area contributed by atoms with Gasteiger partial charge in [-0.05, 0) is 65.6 Å². The maximum atomic E-state index is 13.0. The van der Waals surface area contributed by atoms with Gasteiger partial charge in [0.25, 0.3) is 0 Å². The van der Waals surface area contributed by atoms with Crippen LogP contribution in [0.4, 0.5) is 16.3 Å². The molecule has 0 aliphatic carbocycles. The van der Waals surface area contributed by atoms with Gasteiger partial charge in [-0.25, -0.2) is 14.8 Å². The second-order valence-electron chi connectivity index (χ2n) is 8.95. The van der Waals surface area contributed by atoms with Crippen LogP contribution in [-0.2, 0) is 19.0 Å². The SMILES string of the molecule is C=S(C)(=O)C(C)(C)c1cc(N2CCOCC2)nc(-c2ccc(NC(=O)Oc3ccccc3)cc2)n1. The van der Waals surface area contributed by atoms with Gasteiger partial charge >= 0.3 is 6.09 Å². The highest BCUT2D eigenvalue weighted by Gasteiger charge is 2.31. The maximum Gasteiger partial charge on any atom is 0.417 e. The zero-order chi connectivity index (χ0) is 25.1. The number of benzene rings is 2. The van der Waals surface area contributed by atoms with Gasteiger partial charge in [0.05, 0.1) is 23.7 Å². The molecule has 0 spiro atoms. The summed E-state index contributed by atoms with van der Waals surface area (Å²) in [5.74, 6) is 5.65. The molecular formula is C26H30N4O4S. The Morgan fingerprint density at radius 3 is 2.37 bits per heavy atom. The van der Waals surface area contributed by atoms with Gasteiger partial charge in [-0.2, -0.15) is 0 Å². The van der Waals surface area contributed by atoms with Gasteiger partial charge in [0, 0.05) is 36.7 Å². The monoisotopic (exact) mass is 494 g/mol. The lowest BCUT2D eigenvalue weighted by atomic mass is 10.1. The van der Waals surface area contributed by atoms with Crippen LogP contribution in [0, 0.1) is 0 Å². The predicted molar refractivity (Wildman–Crippen MR) is 141 cm³/mol. The van der Waals surface area contributed by atoms with E-state index in [2.05, 4.69) is 16.1 Å². The van der Waals surface area contributed by atoms with Crippen molar-refractivity contribution in [3.8, 4) is 17.1 Å². The van der Waals surface area contributed by atoms with Gasteiger partial charge in [0.2, 0.25) is 0 Å². The molecule has 0 saturated carbocycles. The van der Waals surface area contributed by atoms with E-state index in [0.717, 1.165) is 11.4 Å². The number of hydrogen-bond acceptors (Lipinski definition) is 7. The topological polar surface area (TPSA) is 93.7 Å². The van der Waals surface area contributed by atoms with Crippen LogP contribution in [-0.4, -0.2) is 58.7 Å². The summed E-state index contributed by atoms with van der Waals surface area (Å²) in [7, 11) is -2.44. The molecular weight excluding hydrogens is 464 g/mol. The molecule has 8 nitrogen and oxygen atoms in total. The number of nitrogens with zero attached hydrogens (tertiary/aromatic N) is 3. The van der Waals surface area contributed by atoms with Gasteiger partial charge in [-0.1, -0.05) is 18.2 Å². The van der Waals surface area contributed by atoms with E-state index in [1.54, 1.807) is 42.7 Å². The Hall–Kier alpha value is -3.43. The minimum Gasteiger partial charge on any atom is -0.410 e. The van der Waals surface area contributed by atoms with E-state index in [9.17, 15) is 9.00 Å². The van der Waals surface area contributed by atoms with E-state index < -0.39 is 20.4 Å². The zero-order valence-electron chi connectivity index (χ0n) is 20.2. The van der Waals surface area contributed by atoms with Crippen molar-refractivity contribution in [2.75, 3.05) is 42.8 Å². The first-order valence-corrected chi connectivity index (χ1v) is 13.5. The van der Waals surface area contributed by atoms with Crippen molar-refractivity contribution in [3.05, 3.63) is 66.4 Å². The second kappa shape index (κ2) is 10.1. The van der Waals surface area contributed by atoms with Crippen molar-refractivity contribution in [2.24, 2.45) is 0 Å². The summed E-state index contributed by atoms with van der Waals surface area (Å²) in [4.78, 5) is 23.9. The van der Waals surface area contributed by atoms with E-state index >= 15 is 0 Å². The van der Waals surface area contributed by atoms with Crippen LogP contribution in [0.25, 0.3) is 11.4 Å². The lowest BCUT2D eigenvalue weighted by Crippen LogP contribution is -2.37. The number of carbonyl (C=O) groups is 1. The number of hydrogen-bond donors (Lipinski definition) is 1. The number of anilines is 2. The van der Waals surface area contributed by atoms with E-state index in [4.69, 9.17) is 19.4 Å². The fourth-order valence-corrected chi connectivity index (χ4v) is 4.04. The molecule has 1 aromatic heterocycles. The second-order valence-corrected chi connectivity index (χ2v) is 12.0. The number of aromatic nitrogens is 2. The molecule has 1 N–H and O–H groups in total. The molecule has 1 fully saturated rings. The highest BCUT2D eigenvalue weighted by molar-refractivity contribution is 8.00. The third-order valence-electron chi connectivity index (χ3n) is 6.09. The van der Waals surface area contributed by atoms with E-state index in [0.29, 0.717) is 49.3 Å². The summed E-state index contributed by atoms with van der Waals surface area (Å²) >= 11 is 0. The summed E-state index contributed by atoms with van der Waals surface area (Å²) in [6, 6.07) is 18.0. The first-order chi connectivity index (χ1) is 16.6. The molecule has 2 heterocycles. The van der Waals surface area contributed by atoms with Gasteiger partial charge < -0.3 is 14.4 Å². The van der Waals surface area contributed by atoms with Crippen LogP contribution in [0.15, 0.2) is 60.7 Å². The number of nitrogens with one attached hydrogen (secondary N) is 1. The van der Waals surface area contributed by atoms with Crippen LogP contribution >= 0.6 is 0 Å². The molecule has 184 valence electrons. The highest BCUT2D eigenvalue weighted by Crippen LogP contribution is 2.32. The molecule has 1 aliphatic rings. The minimum atomic E-state index is -2.44. The number of carbonyl (C=O) groups excluding carboxylic acids is 1. The summed E-state index contributed by atoms with van der Waals surface area (Å²) in [6.45, 7) is 6.46. The predicted octanol–water partition coefficient (Wildman–Crippen LogP) is 4.17. The molecule has 4 rings (SSSR count). The van der Waals surface area contributed by atoms with E-state index in [1.807, 2.05) is 38.1 Å². The van der Waals surface area contributed by atoms with Crippen LogP contribution in [0.3, 0.4) is 0 Å². The number of rotatable bonds is 6. The molecule has 1 unspecified atom stereocenters. The van der Waals surface area contributed by atoms with Crippen molar-refractivity contribution in [2.45, 2.75) is 18.6 Å². The fourth-order valence-electron chi connectivity index (χ4n) is 3.49. The average molecular weight is 495 g/mol. The van der Waals surface area contributed by atoms with Crippen molar-refractivity contribution in [1.82, 2.24) is 9.97 Å². The Labute approximate surface area is 206 Å². The Bertz CT molecular complexity index is 1290. The first-order valence-electron chi connectivity index (χ1n) is 11.3. The van der Waals surface area contributed by atoms with E-state index in [-0.39, 0.29) is 0 Å². The number of ether oxygens (including phenoxy) is 2. The molecule has 0 bridgehead atoms. The summed E-state index contributed by atoms with van der Waals surface area (Å²) < 4.78 is 23.0. The van der Waals surface area contributed by atoms with Gasteiger partial charge in [0.1, 0.15) is 11.6 Å². The maximum absolute atomic E-state index is 13.0. The van der Waals surface area contributed by atoms with Gasteiger partial charge in [-0.15, -0.1) is 0 Å². The molecule has 3 aromatic rings. The number of amides is 1. The van der Waals surface area contributed by atoms with Crippen LogP contribution in [0.2, 0.25) is 0 Å². The van der Waals surface area contributed by atoms with E-state index in [1.165, 1.54) is 0 Å². The molecule has 1 atom stereocenters. The quantitative estimate of drug-likeness (QED) is 0.514. The summed E-state index contributed by atoms with van der Waals surface area (Å²) in [6.07, 6.45) is 1.07. The van der Waals surface area contributed by atoms with Gasteiger partial charge in [-0.3, -0.25) is 9.53 Å². The van der Waals surface area contributed by atoms with Crippen LogP contribution < -0.4 is 15.0 Å². The Balaban J connectivity index is 1.61. The van der Waals surface area contributed by atoms with Crippen LogP contribution in [0.1, 0.15) is 19.5 Å². The molecule has 1 saturated heterocycles. The molecule has 2 aromatic carbocycles. The highest BCUT2D eigenvalue weighted by atomic mass is 32.2. The largest absolute Gasteiger partial charge is 0.417 e. The lowest BCUT2D eigenvalue weighted by molar-refractivity contribution is 0.122. The minimum absolute atomic E-state index is 0.461. The molecule has 1 amide bonds. The average Bonchev–Trinajstić information content (AvgIpc) is 2.84. The molecule has 9 heteroatoms. The van der Waals surface area contributed by atoms with Crippen LogP contribution in [0.5, 0.6) is 5.75 Å². The standard InChI is InChI=1S/C26H30N4O4S/c1-26(2,35(3,4)32)22-18-23(30-14-16-33-17-15-30)29-24(28-22)19-10-12-20(13-11-19)27-25(31)34-21-8-6-5-7-9-21/h5-13,18H,3,14-17H2,1-2,4H3,(H,27,31). The third-order valence-corrected chi connectivity index (χ3v) is 8.46. The van der Waals surface area contributed by atoms with Crippen molar-refractivity contribution < 1.29 is 18.5 Å². The third kappa shape index (κ3) is 5.80. The lowest BCUT2D eigenvalue weighted by Gasteiger charge is -2.31. The Kier molecular flexibility index (Phi) is 7.09. The Morgan fingerprint density at radius 1 is 1.09 bits per heavy atom.